The smallest absolute Gasteiger partial charge is 0.271 e. The van der Waals surface area contributed by atoms with E-state index in [9.17, 15) is 9.59 Å². The number of carbonyl (C=O) groups is 1. The molecule has 1 aliphatic heterocycles. The van der Waals surface area contributed by atoms with Crippen molar-refractivity contribution in [1.82, 2.24) is 15.1 Å². The average Bonchev–Trinajstić information content (AvgIpc) is 2.70. The Hall–Kier alpha value is -2.67. The first kappa shape index (κ1) is 19.1. The maximum Gasteiger partial charge on any atom is 0.271 e. The highest BCUT2D eigenvalue weighted by Gasteiger charge is 2.35. The first-order chi connectivity index (χ1) is 13.0. The summed E-state index contributed by atoms with van der Waals surface area (Å²) in [4.78, 5) is 24.0. The summed E-state index contributed by atoms with van der Waals surface area (Å²) in [5.74, 6) is 0.546. The molecule has 1 saturated heterocycles. The van der Waals surface area contributed by atoms with Crippen LogP contribution in [0.3, 0.4) is 0 Å². The van der Waals surface area contributed by atoms with Gasteiger partial charge < -0.3 is 14.8 Å². The highest BCUT2D eigenvalue weighted by atomic mass is 16.5. The Morgan fingerprint density at radius 3 is 2.56 bits per heavy atom. The van der Waals surface area contributed by atoms with Crippen LogP contribution in [0.15, 0.2) is 41.2 Å². The van der Waals surface area contributed by atoms with Crippen molar-refractivity contribution in [3.8, 4) is 5.75 Å². The molecule has 0 atom stereocenters. The van der Waals surface area contributed by atoms with E-state index in [-0.39, 0.29) is 22.6 Å². The number of hydrogen-bond acceptors (Lipinski definition) is 5. The maximum absolute atomic E-state index is 12.5. The summed E-state index contributed by atoms with van der Waals surface area (Å²) < 4.78 is 12.2. The molecule has 1 amide bonds. The van der Waals surface area contributed by atoms with Crippen molar-refractivity contribution in [2.45, 2.75) is 25.2 Å². The second-order valence-electron chi connectivity index (χ2n) is 6.71. The molecule has 1 aromatic heterocycles. The number of nitrogens with zero attached hydrogens (tertiary/aromatic N) is 2. The topological polar surface area (TPSA) is 82.5 Å². The van der Waals surface area contributed by atoms with Gasteiger partial charge in [0.1, 0.15) is 11.4 Å². The zero-order valence-corrected chi connectivity index (χ0v) is 15.7. The van der Waals surface area contributed by atoms with E-state index in [1.165, 1.54) is 19.2 Å². The molecule has 0 unspecified atom stereocenters. The predicted molar refractivity (Wildman–Crippen MR) is 101 cm³/mol. The fourth-order valence-corrected chi connectivity index (χ4v) is 3.36. The Morgan fingerprint density at radius 2 is 1.93 bits per heavy atom. The van der Waals surface area contributed by atoms with Crippen molar-refractivity contribution < 1.29 is 14.3 Å². The Morgan fingerprint density at radius 1 is 1.22 bits per heavy atom. The molecule has 0 bridgehead atoms. The van der Waals surface area contributed by atoms with E-state index in [2.05, 4.69) is 22.5 Å². The van der Waals surface area contributed by atoms with E-state index in [1.54, 1.807) is 0 Å². The van der Waals surface area contributed by atoms with Gasteiger partial charge in [0.25, 0.3) is 11.5 Å². The van der Waals surface area contributed by atoms with Crippen LogP contribution in [0.5, 0.6) is 5.75 Å². The number of aromatic nitrogens is 2. The third-order valence-electron chi connectivity index (χ3n) is 5.01. The molecule has 1 aromatic carbocycles. The lowest BCUT2D eigenvalue weighted by Gasteiger charge is -2.38. The molecule has 3 rings (SSSR count). The van der Waals surface area contributed by atoms with Gasteiger partial charge in [0.15, 0.2) is 0 Å². The monoisotopic (exact) mass is 371 g/mol. The summed E-state index contributed by atoms with van der Waals surface area (Å²) in [7, 11) is 1.53. The van der Waals surface area contributed by atoms with Crippen LogP contribution in [0.2, 0.25) is 0 Å². The maximum atomic E-state index is 12.5. The zero-order chi connectivity index (χ0) is 19.3. The van der Waals surface area contributed by atoms with Crippen LogP contribution in [0, 0.1) is 0 Å². The number of hydrogen-bond donors (Lipinski definition) is 1. The van der Waals surface area contributed by atoms with Crippen LogP contribution in [0.1, 0.15) is 35.8 Å². The molecule has 0 spiro atoms. The standard InChI is InChI=1S/C20H25N3O4/c1-3-27-16-6-4-15(5-7-16)20(10-12-26-13-11-20)14-21-19(25)17-8-9-18(24)23(2)22-17/h4-9H,3,10-14H2,1-2H3,(H,21,25). The van der Waals surface area contributed by atoms with Crippen LogP contribution in [0.25, 0.3) is 0 Å². The Bertz CT molecular complexity index is 839. The first-order valence-corrected chi connectivity index (χ1v) is 9.18. The number of benzene rings is 1. The minimum atomic E-state index is -0.289. The normalized spacial score (nSPS) is 15.9. The van der Waals surface area contributed by atoms with Crippen molar-refractivity contribution in [2.24, 2.45) is 7.05 Å². The predicted octanol–water partition coefficient (Wildman–Crippen LogP) is 1.66. The second kappa shape index (κ2) is 8.35. The van der Waals surface area contributed by atoms with Crippen LogP contribution in [-0.4, -0.2) is 42.1 Å². The molecule has 0 radical (unpaired) electrons. The minimum Gasteiger partial charge on any atom is -0.494 e. The highest BCUT2D eigenvalue weighted by molar-refractivity contribution is 5.92. The van der Waals surface area contributed by atoms with Crippen molar-refractivity contribution in [1.29, 1.82) is 0 Å². The van der Waals surface area contributed by atoms with Crippen molar-refractivity contribution in [2.75, 3.05) is 26.4 Å². The van der Waals surface area contributed by atoms with Gasteiger partial charge in [-0.15, -0.1) is 0 Å². The minimum absolute atomic E-state index is 0.195. The molecule has 27 heavy (non-hydrogen) atoms. The van der Waals surface area contributed by atoms with Crippen molar-refractivity contribution >= 4 is 5.91 Å². The van der Waals surface area contributed by atoms with E-state index < -0.39 is 0 Å². The summed E-state index contributed by atoms with van der Waals surface area (Å²) in [5.41, 5.74) is 0.940. The van der Waals surface area contributed by atoms with Crippen LogP contribution in [-0.2, 0) is 17.2 Å². The lowest BCUT2D eigenvalue weighted by molar-refractivity contribution is 0.0486. The van der Waals surface area contributed by atoms with Gasteiger partial charge in [-0.2, -0.15) is 5.10 Å². The highest BCUT2D eigenvalue weighted by Crippen LogP contribution is 2.35. The number of ether oxygens (including phenoxy) is 2. The fourth-order valence-electron chi connectivity index (χ4n) is 3.36. The Balaban J connectivity index is 1.77. The SMILES string of the molecule is CCOc1ccc(C2(CNC(=O)c3ccc(=O)n(C)n3)CCOCC2)cc1. The Labute approximate surface area is 158 Å². The van der Waals surface area contributed by atoms with Crippen LogP contribution >= 0.6 is 0 Å². The third-order valence-corrected chi connectivity index (χ3v) is 5.01. The average molecular weight is 371 g/mol. The summed E-state index contributed by atoms with van der Waals surface area (Å²) in [6.07, 6.45) is 1.64. The van der Waals surface area contributed by atoms with Gasteiger partial charge in [0, 0.05) is 38.3 Å². The van der Waals surface area contributed by atoms with Gasteiger partial charge in [0.05, 0.1) is 6.61 Å². The van der Waals surface area contributed by atoms with Crippen molar-refractivity contribution in [3.05, 3.63) is 58.0 Å². The zero-order valence-electron chi connectivity index (χ0n) is 15.7. The van der Waals surface area contributed by atoms with E-state index in [4.69, 9.17) is 9.47 Å². The fraction of sp³-hybridized carbons (Fsp3) is 0.450. The van der Waals surface area contributed by atoms with Gasteiger partial charge in [-0.3, -0.25) is 9.59 Å². The molecular formula is C20H25N3O4. The van der Waals surface area contributed by atoms with E-state index in [0.29, 0.717) is 26.4 Å². The molecule has 7 nitrogen and oxygen atoms in total. The van der Waals surface area contributed by atoms with Gasteiger partial charge in [-0.05, 0) is 43.5 Å². The molecule has 1 aliphatic rings. The molecule has 2 aromatic rings. The van der Waals surface area contributed by atoms with Crippen LogP contribution in [0.4, 0.5) is 0 Å². The van der Waals surface area contributed by atoms with E-state index in [0.717, 1.165) is 28.8 Å². The summed E-state index contributed by atoms with van der Waals surface area (Å²) in [6.45, 7) is 4.37. The first-order valence-electron chi connectivity index (χ1n) is 9.18. The largest absolute Gasteiger partial charge is 0.494 e. The lowest BCUT2D eigenvalue weighted by Crippen LogP contribution is -2.45. The van der Waals surface area contributed by atoms with Gasteiger partial charge in [-0.25, -0.2) is 4.68 Å². The quantitative estimate of drug-likeness (QED) is 0.835. The van der Waals surface area contributed by atoms with Crippen molar-refractivity contribution in [3.63, 3.8) is 0 Å². The number of amides is 1. The number of rotatable bonds is 6. The molecule has 7 heteroatoms. The summed E-state index contributed by atoms with van der Waals surface area (Å²) >= 11 is 0. The molecule has 0 aliphatic carbocycles. The summed E-state index contributed by atoms with van der Waals surface area (Å²) in [5, 5.41) is 7.01. The van der Waals surface area contributed by atoms with E-state index in [1.807, 2.05) is 19.1 Å². The number of aryl methyl sites for hydroxylation is 1. The van der Waals surface area contributed by atoms with Gasteiger partial charge in [0.2, 0.25) is 0 Å². The summed E-state index contributed by atoms with van der Waals surface area (Å²) in [6, 6.07) is 10.8. The molecular weight excluding hydrogens is 346 g/mol. The second-order valence-corrected chi connectivity index (χ2v) is 6.71. The molecule has 0 saturated carbocycles. The lowest BCUT2D eigenvalue weighted by atomic mass is 9.74. The number of nitrogens with one attached hydrogen (secondary N) is 1. The molecule has 1 fully saturated rings. The van der Waals surface area contributed by atoms with Gasteiger partial charge in [-0.1, -0.05) is 12.1 Å². The molecule has 1 N–H and O–H groups in total. The van der Waals surface area contributed by atoms with Crippen LogP contribution < -0.4 is 15.6 Å². The third kappa shape index (κ3) is 4.36. The molecule has 2 heterocycles. The molecule has 144 valence electrons. The van der Waals surface area contributed by atoms with E-state index >= 15 is 0 Å². The Kier molecular flexibility index (Phi) is 5.91. The van der Waals surface area contributed by atoms with Gasteiger partial charge >= 0.3 is 0 Å². The number of carbonyl (C=O) groups excluding carboxylic acids is 1.